The maximum absolute atomic E-state index is 11.5. The highest BCUT2D eigenvalue weighted by molar-refractivity contribution is 5.74. The van der Waals surface area contributed by atoms with Crippen LogP contribution in [0.5, 0.6) is 0 Å². The molecule has 0 saturated carbocycles. The van der Waals surface area contributed by atoms with Gasteiger partial charge < -0.3 is 15.7 Å². The highest BCUT2D eigenvalue weighted by Crippen LogP contribution is 2.05. The third-order valence-corrected chi connectivity index (χ3v) is 2.99. The molecule has 0 fully saturated rings. The smallest absolute Gasteiger partial charge is 0.315 e. The lowest BCUT2D eigenvalue weighted by Gasteiger charge is -2.19. The Morgan fingerprint density at radius 3 is 2.35 bits per heavy atom. The van der Waals surface area contributed by atoms with Crippen LogP contribution in [0, 0.1) is 11.8 Å². The van der Waals surface area contributed by atoms with Crippen molar-refractivity contribution in [1.82, 2.24) is 10.6 Å². The van der Waals surface area contributed by atoms with E-state index >= 15 is 0 Å². The van der Waals surface area contributed by atoms with Crippen LogP contribution in [0.25, 0.3) is 0 Å². The molecule has 0 spiro atoms. The number of nitrogens with one attached hydrogen (secondary N) is 2. The summed E-state index contributed by atoms with van der Waals surface area (Å²) in [6.45, 7) is 9.04. The minimum absolute atomic E-state index is 0.00401. The third kappa shape index (κ3) is 8.98. The maximum Gasteiger partial charge on any atom is 0.315 e. The second-order valence-electron chi connectivity index (χ2n) is 5.24. The molecule has 0 bridgehead atoms. The van der Waals surface area contributed by atoms with E-state index in [0.717, 1.165) is 25.3 Å². The minimum Gasteiger partial charge on any atom is -0.396 e. The minimum atomic E-state index is -0.137. The molecular formula is C13H28N2O2. The number of aliphatic hydroxyl groups excluding tert-OH is 1. The zero-order valence-corrected chi connectivity index (χ0v) is 11.6. The van der Waals surface area contributed by atoms with E-state index in [0.29, 0.717) is 0 Å². The number of aliphatic hydroxyl groups is 1. The van der Waals surface area contributed by atoms with Crippen LogP contribution in [0.15, 0.2) is 0 Å². The fraction of sp³-hybridized carbons (Fsp3) is 0.923. The van der Waals surface area contributed by atoms with Crippen LogP contribution >= 0.6 is 0 Å². The number of hydrogen-bond donors (Lipinski definition) is 3. The zero-order chi connectivity index (χ0) is 13.3. The van der Waals surface area contributed by atoms with Gasteiger partial charge >= 0.3 is 6.03 Å². The van der Waals surface area contributed by atoms with Gasteiger partial charge in [0.1, 0.15) is 0 Å². The first kappa shape index (κ1) is 16.2. The van der Waals surface area contributed by atoms with Crippen LogP contribution in [0.4, 0.5) is 4.79 Å². The first-order valence-electron chi connectivity index (χ1n) is 6.62. The highest BCUT2D eigenvalue weighted by Gasteiger charge is 2.12. The predicted octanol–water partition coefficient (Wildman–Crippen LogP) is 2.13. The monoisotopic (exact) mass is 244 g/mol. The second kappa shape index (κ2) is 9.28. The van der Waals surface area contributed by atoms with Crippen LogP contribution in [-0.2, 0) is 0 Å². The molecule has 0 aliphatic rings. The van der Waals surface area contributed by atoms with Crippen LogP contribution in [0.1, 0.15) is 47.0 Å². The Labute approximate surface area is 105 Å². The van der Waals surface area contributed by atoms with Crippen LogP contribution in [0.3, 0.4) is 0 Å². The third-order valence-electron chi connectivity index (χ3n) is 2.99. The van der Waals surface area contributed by atoms with Crippen molar-refractivity contribution in [1.29, 1.82) is 0 Å². The Morgan fingerprint density at radius 1 is 1.18 bits per heavy atom. The SMILES string of the molecule is CC(C)CCCCNC(=O)NC(C)C(C)CO. The molecular weight excluding hydrogens is 216 g/mol. The van der Waals surface area contributed by atoms with Crippen molar-refractivity contribution in [2.45, 2.75) is 53.0 Å². The van der Waals surface area contributed by atoms with Crippen molar-refractivity contribution < 1.29 is 9.90 Å². The Hall–Kier alpha value is -0.770. The van der Waals surface area contributed by atoms with Gasteiger partial charge in [0.05, 0.1) is 0 Å². The van der Waals surface area contributed by atoms with Crippen molar-refractivity contribution in [3.8, 4) is 0 Å². The second-order valence-corrected chi connectivity index (χ2v) is 5.24. The van der Waals surface area contributed by atoms with Gasteiger partial charge in [-0.25, -0.2) is 4.79 Å². The largest absolute Gasteiger partial charge is 0.396 e. The number of carbonyl (C=O) groups is 1. The lowest BCUT2D eigenvalue weighted by atomic mass is 10.1. The van der Waals surface area contributed by atoms with Crippen molar-refractivity contribution >= 4 is 6.03 Å². The number of unbranched alkanes of at least 4 members (excludes halogenated alkanes) is 1. The molecule has 3 N–H and O–H groups in total. The molecule has 102 valence electrons. The molecule has 0 aromatic heterocycles. The lowest BCUT2D eigenvalue weighted by Crippen LogP contribution is -2.44. The molecule has 0 saturated heterocycles. The fourth-order valence-corrected chi connectivity index (χ4v) is 1.44. The van der Waals surface area contributed by atoms with E-state index in [9.17, 15) is 4.79 Å². The standard InChI is InChI=1S/C13H28N2O2/c1-10(2)7-5-6-8-14-13(17)15-12(4)11(3)9-16/h10-12,16H,5-9H2,1-4H3,(H2,14,15,17). The number of hydrogen-bond acceptors (Lipinski definition) is 2. The quantitative estimate of drug-likeness (QED) is 0.573. The molecule has 0 heterocycles. The van der Waals surface area contributed by atoms with Gasteiger partial charge in [-0.2, -0.15) is 0 Å². The average molecular weight is 244 g/mol. The van der Waals surface area contributed by atoms with Crippen molar-refractivity contribution in [2.75, 3.05) is 13.2 Å². The average Bonchev–Trinajstić information content (AvgIpc) is 2.26. The normalized spacial score (nSPS) is 14.5. The lowest BCUT2D eigenvalue weighted by molar-refractivity contribution is 0.200. The molecule has 0 aromatic rings. The molecule has 0 aliphatic carbocycles. The van der Waals surface area contributed by atoms with Crippen LogP contribution in [-0.4, -0.2) is 30.3 Å². The Kier molecular flexibility index (Phi) is 8.86. The molecule has 0 aromatic carbocycles. The molecule has 2 amide bonds. The van der Waals surface area contributed by atoms with Gasteiger partial charge in [-0.05, 0) is 25.2 Å². The maximum atomic E-state index is 11.5. The van der Waals surface area contributed by atoms with Gasteiger partial charge in [-0.3, -0.25) is 0 Å². The number of rotatable bonds is 8. The topological polar surface area (TPSA) is 61.4 Å². The van der Waals surface area contributed by atoms with Gasteiger partial charge in [0.15, 0.2) is 0 Å². The predicted molar refractivity (Wildman–Crippen MR) is 70.9 cm³/mol. The van der Waals surface area contributed by atoms with E-state index in [1.54, 1.807) is 0 Å². The van der Waals surface area contributed by atoms with Gasteiger partial charge in [0.25, 0.3) is 0 Å². The highest BCUT2D eigenvalue weighted by atomic mass is 16.3. The summed E-state index contributed by atoms with van der Waals surface area (Å²) in [5.74, 6) is 0.816. The molecule has 4 nitrogen and oxygen atoms in total. The Bertz CT molecular complexity index is 208. The summed E-state index contributed by atoms with van der Waals surface area (Å²) in [7, 11) is 0. The van der Waals surface area contributed by atoms with Crippen molar-refractivity contribution in [3.63, 3.8) is 0 Å². The van der Waals surface area contributed by atoms with Gasteiger partial charge in [-0.1, -0.05) is 33.6 Å². The Balaban J connectivity index is 3.53. The van der Waals surface area contributed by atoms with Crippen LogP contribution < -0.4 is 10.6 Å². The summed E-state index contributed by atoms with van der Waals surface area (Å²) < 4.78 is 0. The van der Waals surface area contributed by atoms with Crippen molar-refractivity contribution in [3.05, 3.63) is 0 Å². The summed E-state index contributed by atoms with van der Waals surface area (Å²) in [5, 5.41) is 14.6. The number of carbonyl (C=O) groups excluding carboxylic acids is 1. The number of urea groups is 1. The Morgan fingerprint density at radius 2 is 1.82 bits per heavy atom. The fourth-order valence-electron chi connectivity index (χ4n) is 1.44. The molecule has 0 radical (unpaired) electrons. The van der Waals surface area contributed by atoms with E-state index in [4.69, 9.17) is 5.11 Å². The van der Waals surface area contributed by atoms with Gasteiger partial charge in [0.2, 0.25) is 0 Å². The molecule has 2 unspecified atom stereocenters. The van der Waals surface area contributed by atoms with E-state index in [2.05, 4.69) is 24.5 Å². The van der Waals surface area contributed by atoms with E-state index in [1.165, 1.54) is 6.42 Å². The summed E-state index contributed by atoms with van der Waals surface area (Å²) in [5.41, 5.74) is 0. The van der Waals surface area contributed by atoms with E-state index in [-0.39, 0.29) is 24.6 Å². The summed E-state index contributed by atoms with van der Waals surface area (Å²) in [4.78, 5) is 11.5. The van der Waals surface area contributed by atoms with Gasteiger partial charge in [0, 0.05) is 19.2 Å². The molecule has 2 atom stereocenters. The molecule has 0 rings (SSSR count). The van der Waals surface area contributed by atoms with E-state index in [1.807, 2.05) is 13.8 Å². The van der Waals surface area contributed by atoms with Crippen molar-refractivity contribution in [2.24, 2.45) is 11.8 Å². The zero-order valence-electron chi connectivity index (χ0n) is 11.6. The van der Waals surface area contributed by atoms with Crippen LogP contribution in [0.2, 0.25) is 0 Å². The summed E-state index contributed by atoms with van der Waals surface area (Å²) in [6, 6.07) is -0.141. The number of amides is 2. The molecule has 0 aliphatic heterocycles. The summed E-state index contributed by atoms with van der Waals surface area (Å²) in [6.07, 6.45) is 3.39. The first-order chi connectivity index (χ1) is 7.97. The summed E-state index contributed by atoms with van der Waals surface area (Å²) >= 11 is 0. The molecule has 4 heteroatoms. The molecule has 17 heavy (non-hydrogen) atoms. The van der Waals surface area contributed by atoms with Gasteiger partial charge in [-0.15, -0.1) is 0 Å². The van der Waals surface area contributed by atoms with E-state index < -0.39 is 0 Å². The first-order valence-corrected chi connectivity index (χ1v) is 6.62.